The average molecular weight is 373 g/mol. The van der Waals surface area contributed by atoms with Gasteiger partial charge in [0.1, 0.15) is 11.9 Å². The summed E-state index contributed by atoms with van der Waals surface area (Å²) in [6.07, 6.45) is 3.57. The van der Waals surface area contributed by atoms with E-state index in [4.69, 9.17) is 9.26 Å². The summed E-state index contributed by atoms with van der Waals surface area (Å²) in [5, 5.41) is 6.82. The van der Waals surface area contributed by atoms with Crippen LogP contribution in [0.15, 0.2) is 22.9 Å². The Kier molecular flexibility index (Phi) is 6.39. The van der Waals surface area contributed by atoms with Gasteiger partial charge in [-0.2, -0.15) is 4.98 Å². The smallest absolute Gasteiger partial charge is 0.226 e. The second-order valence-corrected chi connectivity index (χ2v) is 7.36. The molecule has 0 saturated carbocycles. The van der Waals surface area contributed by atoms with Crippen molar-refractivity contribution in [2.24, 2.45) is 5.92 Å². The first-order chi connectivity index (χ1) is 13.0. The van der Waals surface area contributed by atoms with Crippen molar-refractivity contribution in [2.45, 2.75) is 52.8 Å². The minimum absolute atomic E-state index is 0.0763. The van der Waals surface area contributed by atoms with Gasteiger partial charge in [0.15, 0.2) is 5.82 Å². The van der Waals surface area contributed by atoms with Gasteiger partial charge in [0.05, 0.1) is 18.8 Å². The highest BCUT2D eigenvalue weighted by molar-refractivity contribution is 5.72. The number of ether oxygens (including phenoxy) is 1. The van der Waals surface area contributed by atoms with E-state index in [0.717, 1.165) is 43.2 Å². The maximum absolute atomic E-state index is 11.0. The lowest BCUT2D eigenvalue weighted by Gasteiger charge is -2.16. The summed E-state index contributed by atoms with van der Waals surface area (Å²) in [5.74, 6) is 2.63. The Balaban J connectivity index is 1.49. The summed E-state index contributed by atoms with van der Waals surface area (Å²) < 4.78 is 11.4. The molecule has 0 aliphatic carbocycles. The largest absolute Gasteiger partial charge is 0.489 e. The number of aromatic nitrogens is 3. The summed E-state index contributed by atoms with van der Waals surface area (Å²) >= 11 is 0. The van der Waals surface area contributed by atoms with Crippen LogP contribution in [0.2, 0.25) is 0 Å². The molecule has 2 aromatic heterocycles. The summed E-state index contributed by atoms with van der Waals surface area (Å²) in [6.45, 7) is 8.58. The normalized spacial score (nSPS) is 17.4. The van der Waals surface area contributed by atoms with Crippen molar-refractivity contribution >= 4 is 5.91 Å². The van der Waals surface area contributed by atoms with Gasteiger partial charge in [-0.1, -0.05) is 19.0 Å². The van der Waals surface area contributed by atoms with Crippen molar-refractivity contribution in [1.82, 2.24) is 25.3 Å². The Morgan fingerprint density at radius 1 is 1.48 bits per heavy atom. The van der Waals surface area contributed by atoms with Crippen LogP contribution >= 0.6 is 0 Å². The molecule has 3 rings (SSSR count). The number of hydrogen-bond donors (Lipinski definition) is 1. The Bertz CT molecular complexity index is 761. The third-order valence-corrected chi connectivity index (χ3v) is 4.30. The molecule has 1 aliphatic heterocycles. The van der Waals surface area contributed by atoms with E-state index in [1.54, 1.807) is 6.20 Å². The first kappa shape index (κ1) is 19.3. The van der Waals surface area contributed by atoms with Gasteiger partial charge >= 0.3 is 0 Å². The molecule has 1 aliphatic rings. The van der Waals surface area contributed by atoms with Gasteiger partial charge < -0.3 is 14.6 Å². The second kappa shape index (κ2) is 8.94. The predicted molar refractivity (Wildman–Crippen MR) is 98.9 cm³/mol. The molecule has 1 N–H and O–H groups in total. The van der Waals surface area contributed by atoms with Crippen LogP contribution < -0.4 is 10.1 Å². The average Bonchev–Trinajstić information content (AvgIpc) is 3.23. The summed E-state index contributed by atoms with van der Waals surface area (Å²) in [5.41, 5.74) is 0.780. The Labute approximate surface area is 159 Å². The molecule has 2 aromatic rings. The van der Waals surface area contributed by atoms with Crippen molar-refractivity contribution in [1.29, 1.82) is 0 Å². The number of amides is 1. The summed E-state index contributed by atoms with van der Waals surface area (Å²) in [4.78, 5) is 22.0. The Morgan fingerprint density at radius 3 is 3.11 bits per heavy atom. The maximum atomic E-state index is 11.0. The molecule has 0 aromatic carbocycles. The van der Waals surface area contributed by atoms with E-state index in [2.05, 4.69) is 39.2 Å². The fourth-order valence-electron chi connectivity index (χ4n) is 3.06. The van der Waals surface area contributed by atoms with E-state index in [1.807, 2.05) is 12.1 Å². The monoisotopic (exact) mass is 373 g/mol. The molecule has 27 heavy (non-hydrogen) atoms. The number of carbonyl (C=O) groups is 1. The van der Waals surface area contributed by atoms with E-state index < -0.39 is 0 Å². The third kappa shape index (κ3) is 6.02. The van der Waals surface area contributed by atoms with Crippen molar-refractivity contribution in [2.75, 3.05) is 13.1 Å². The lowest BCUT2D eigenvalue weighted by Crippen LogP contribution is -2.25. The molecule has 1 fully saturated rings. The maximum Gasteiger partial charge on any atom is 0.226 e. The zero-order valence-corrected chi connectivity index (χ0v) is 16.1. The molecule has 0 bridgehead atoms. The number of hydrogen-bond acceptors (Lipinski definition) is 7. The fourth-order valence-corrected chi connectivity index (χ4v) is 3.06. The van der Waals surface area contributed by atoms with Crippen LogP contribution in [0.25, 0.3) is 0 Å². The number of nitrogens with zero attached hydrogens (tertiary/aromatic N) is 4. The van der Waals surface area contributed by atoms with E-state index in [1.165, 1.54) is 6.92 Å². The van der Waals surface area contributed by atoms with E-state index in [0.29, 0.717) is 24.9 Å². The lowest BCUT2D eigenvalue weighted by atomic mass is 10.1. The third-order valence-electron chi connectivity index (χ3n) is 4.30. The molecule has 0 spiro atoms. The molecule has 146 valence electrons. The van der Waals surface area contributed by atoms with Crippen LogP contribution in [-0.2, 0) is 24.3 Å². The van der Waals surface area contributed by atoms with Crippen LogP contribution in [0.5, 0.6) is 5.75 Å². The van der Waals surface area contributed by atoms with Gasteiger partial charge in [-0.25, -0.2) is 0 Å². The topological polar surface area (TPSA) is 93.4 Å². The first-order valence-electron chi connectivity index (χ1n) is 9.37. The molecule has 1 amide bonds. The van der Waals surface area contributed by atoms with Crippen molar-refractivity contribution in [3.8, 4) is 5.75 Å². The van der Waals surface area contributed by atoms with Gasteiger partial charge in [-0.15, -0.1) is 0 Å². The van der Waals surface area contributed by atoms with Crippen molar-refractivity contribution < 1.29 is 14.1 Å². The number of carbonyl (C=O) groups excluding carboxylic acids is 1. The number of nitrogens with one attached hydrogen (secondary N) is 1. The van der Waals surface area contributed by atoms with Gasteiger partial charge in [-0.3, -0.25) is 14.7 Å². The number of rotatable bonds is 8. The molecular weight excluding hydrogens is 346 g/mol. The van der Waals surface area contributed by atoms with Crippen molar-refractivity contribution in [3.05, 3.63) is 35.7 Å². The molecule has 3 heterocycles. The molecule has 8 heteroatoms. The first-order valence-corrected chi connectivity index (χ1v) is 9.37. The van der Waals surface area contributed by atoms with Gasteiger partial charge in [0, 0.05) is 38.7 Å². The Hall–Kier alpha value is -2.48. The highest BCUT2D eigenvalue weighted by Gasteiger charge is 2.25. The standard InChI is InChI=1S/C19H27N5O3/c1-13(2)8-19-22-18(23-27-19)12-24-7-5-17(11-24)26-16-4-6-20-15(9-16)10-21-14(3)25/h4,6,9,13,17H,5,7-8,10-12H2,1-3H3,(H,21,25). The number of pyridine rings is 1. The van der Waals surface area contributed by atoms with E-state index >= 15 is 0 Å². The van der Waals surface area contributed by atoms with E-state index in [9.17, 15) is 4.79 Å². The van der Waals surface area contributed by atoms with Crippen LogP contribution in [0.4, 0.5) is 0 Å². The zero-order valence-electron chi connectivity index (χ0n) is 16.1. The fraction of sp³-hybridized carbons (Fsp3) is 0.579. The second-order valence-electron chi connectivity index (χ2n) is 7.36. The number of likely N-dealkylation sites (tertiary alicyclic amines) is 1. The molecule has 1 saturated heterocycles. The molecular formula is C19H27N5O3. The molecule has 8 nitrogen and oxygen atoms in total. The van der Waals surface area contributed by atoms with Crippen molar-refractivity contribution in [3.63, 3.8) is 0 Å². The lowest BCUT2D eigenvalue weighted by molar-refractivity contribution is -0.119. The summed E-state index contributed by atoms with van der Waals surface area (Å²) in [7, 11) is 0. The Morgan fingerprint density at radius 2 is 2.33 bits per heavy atom. The minimum atomic E-state index is -0.0763. The minimum Gasteiger partial charge on any atom is -0.489 e. The highest BCUT2D eigenvalue weighted by Crippen LogP contribution is 2.20. The van der Waals surface area contributed by atoms with Crippen LogP contribution in [0.3, 0.4) is 0 Å². The SMILES string of the molecule is CC(=O)NCc1cc(OC2CCN(Cc3noc(CC(C)C)n3)C2)ccn1. The molecule has 0 radical (unpaired) electrons. The predicted octanol–water partition coefficient (Wildman–Crippen LogP) is 1.95. The van der Waals surface area contributed by atoms with Crippen LogP contribution in [0.1, 0.15) is 44.6 Å². The van der Waals surface area contributed by atoms with E-state index in [-0.39, 0.29) is 12.0 Å². The zero-order chi connectivity index (χ0) is 19.2. The van der Waals surface area contributed by atoms with Gasteiger partial charge in [0.25, 0.3) is 0 Å². The van der Waals surface area contributed by atoms with Gasteiger partial charge in [-0.05, 0) is 18.4 Å². The highest BCUT2D eigenvalue weighted by atomic mass is 16.5. The van der Waals surface area contributed by atoms with Crippen LogP contribution in [0, 0.1) is 5.92 Å². The molecule has 1 unspecified atom stereocenters. The van der Waals surface area contributed by atoms with Crippen LogP contribution in [-0.4, -0.2) is 45.1 Å². The van der Waals surface area contributed by atoms with Gasteiger partial charge in [0.2, 0.25) is 11.8 Å². The molecule has 1 atom stereocenters. The summed E-state index contributed by atoms with van der Waals surface area (Å²) in [6, 6.07) is 3.72. The quantitative estimate of drug-likeness (QED) is 0.756.